The summed E-state index contributed by atoms with van der Waals surface area (Å²) in [6.07, 6.45) is 6.23. The van der Waals surface area contributed by atoms with Crippen LogP contribution in [0.4, 0.5) is 0 Å². The maximum atomic E-state index is 5.81. The summed E-state index contributed by atoms with van der Waals surface area (Å²) in [6, 6.07) is 13.6. The van der Waals surface area contributed by atoms with E-state index in [1.54, 1.807) is 0 Å². The van der Waals surface area contributed by atoms with Gasteiger partial charge in [0, 0.05) is 38.0 Å². The summed E-state index contributed by atoms with van der Waals surface area (Å²) in [7, 11) is 2.14. The number of ether oxygens (including phenoxy) is 1. The topological polar surface area (TPSA) is 43.4 Å². The quantitative estimate of drug-likeness (QED) is 0.683. The summed E-state index contributed by atoms with van der Waals surface area (Å²) in [5, 5.41) is 0. The summed E-state index contributed by atoms with van der Waals surface area (Å²) in [5.74, 6) is 4.10. The van der Waals surface area contributed by atoms with Crippen molar-refractivity contribution in [1.29, 1.82) is 0 Å². The molecule has 3 heterocycles. The van der Waals surface area contributed by atoms with Crippen molar-refractivity contribution in [3.8, 4) is 11.7 Å². The van der Waals surface area contributed by atoms with E-state index in [4.69, 9.17) is 9.15 Å². The van der Waals surface area contributed by atoms with Gasteiger partial charge in [-0.2, -0.15) is 0 Å². The van der Waals surface area contributed by atoms with Gasteiger partial charge in [-0.25, -0.2) is 4.98 Å². The largest absolute Gasteiger partial charge is 0.429 e. The fourth-order valence-corrected chi connectivity index (χ4v) is 3.45. The monoisotopic (exact) mass is 337 g/mol. The Morgan fingerprint density at radius 1 is 1.24 bits per heavy atom. The highest BCUT2D eigenvalue weighted by Gasteiger charge is 2.20. The van der Waals surface area contributed by atoms with Crippen LogP contribution in [0.2, 0.25) is 0 Å². The molecule has 0 saturated heterocycles. The van der Waals surface area contributed by atoms with E-state index in [-0.39, 0.29) is 0 Å². The van der Waals surface area contributed by atoms with E-state index in [0.717, 1.165) is 37.6 Å². The van der Waals surface area contributed by atoms with Gasteiger partial charge in [0.15, 0.2) is 0 Å². The van der Waals surface area contributed by atoms with E-state index in [1.165, 1.54) is 12.2 Å². The standard InChI is InChI=1S/C20H23N3O2/c1-22(14-16-9-11-23-12-10-21-19(23)13-16)15-18-7-8-20(25-18)24-17-5-3-2-4-6-17/h2-8,10,12,16H,9,11,13-15H2,1H3. The molecule has 2 aromatic heterocycles. The van der Waals surface area contributed by atoms with Crippen LogP contribution in [-0.4, -0.2) is 28.0 Å². The molecule has 0 saturated carbocycles. The Morgan fingerprint density at radius 2 is 2.12 bits per heavy atom. The zero-order valence-electron chi connectivity index (χ0n) is 14.5. The number of aryl methyl sites for hydroxylation is 1. The van der Waals surface area contributed by atoms with Gasteiger partial charge < -0.3 is 13.7 Å². The third-order valence-electron chi connectivity index (χ3n) is 4.65. The van der Waals surface area contributed by atoms with E-state index in [2.05, 4.69) is 27.7 Å². The highest BCUT2D eigenvalue weighted by atomic mass is 16.6. The van der Waals surface area contributed by atoms with Crippen molar-refractivity contribution in [2.45, 2.75) is 25.9 Å². The molecule has 5 heteroatoms. The predicted octanol–water partition coefficient (Wildman–Crippen LogP) is 3.96. The van der Waals surface area contributed by atoms with Crippen LogP contribution in [0.15, 0.2) is 59.3 Å². The smallest absolute Gasteiger partial charge is 0.290 e. The number of fused-ring (bicyclic) bond motifs is 1. The van der Waals surface area contributed by atoms with Gasteiger partial charge in [0.25, 0.3) is 5.95 Å². The number of aromatic nitrogens is 2. The molecule has 0 aliphatic carbocycles. The van der Waals surface area contributed by atoms with Gasteiger partial charge in [0.2, 0.25) is 0 Å². The Morgan fingerprint density at radius 3 is 3.00 bits per heavy atom. The van der Waals surface area contributed by atoms with Crippen molar-refractivity contribution in [3.63, 3.8) is 0 Å². The minimum atomic E-state index is 0.536. The summed E-state index contributed by atoms with van der Waals surface area (Å²) >= 11 is 0. The number of furan rings is 1. The zero-order valence-corrected chi connectivity index (χ0v) is 14.5. The van der Waals surface area contributed by atoms with Crippen molar-refractivity contribution in [1.82, 2.24) is 14.5 Å². The summed E-state index contributed by atoms with van der Waals surface area (Å²) in [4.78, 5) is 6.76. The van der Waals surface area contributed by atoms with Crippen molar-refractivity contribution in [2.24, 2.45) is 5.92 Å². The van der Waals surface area contributed by atoms with Crippen LogP contribution in [0.25, 0.3) is 0 Å². The lowest BCUT2D eigenvalue weighted by molar-refractivity contribution is 0.218. The van der Waals surface area contributed by atoms with E-state index < -0.39 is 0 Å². The normalized spacial score (nSPS) is 16.8. The van der Waals surface area contributed by atoms with Crippen LogP contribution in [0.5, 0.6) is 11.7 Å². The van der Waals surface area contributed by atoms with Gasteiger partial charge in [-0.05, 0) is 37.6 Å². The molecule has 0 amide bonds. The molecule has 0 bridgehead atoms. The van der Waals surface area contributed by atoms with Gasteiger partial charge in [-0.15, -0.1) is 0 Å². The van der Waals surface area contributed by atoms with Crippen molar-refractivity contribution in [2.75, 3.05) is 13.6 Å². The molecule has 25 heavy (non-hydrogen) atoms. The van der Waals surface area contributed by atoms with E-state index in [0.29, 0.717) is 11.9 Å². The Bertz CT molecular complexity index is 809. The van der Waals surface area contributed by atoms with Crippen LogP contribution in [0, 0.1) is 5.92 Å². The first-order chi connectivity index (χ1) is 12.3. The number of nitrogens with zero attached hydrogens (tertiary/aromatic N) is 3. The molecule has 5 nitrogen and oxygen atoms in total. The second-order valence-corrected chi connectivity index (χ2v) is 6.73. The van der Waals surface area contributed by atoms with Crippen LogP contribution in [-0.2, 0) is 19.5 Å². The molecule has 1 aromatic carbocycles. The molecule has 1 aliphatic rings. The van der Waals surface area contributed by atoms with Crippen molar-refractivity contribution >= 4 is 0 Å². The highest BCUT2D eigenvalue weighted by molar-refractivity contribution is 5.26. The lowest BCUT2D eigenvalue weighted by Crippen LogP contribution is -2.30. The molecule has 1 unspecified atom stereocenters. The Labute approximate surface area is 147 Å². The number of hydrogen-bond acceptors (Lipinski definition) is 4. The minimum absolute atomic E-state index is 0.536. The summed E-state index contributed by atoms with van der Waals surface area (Å²) < 4.78 is 13.8. The van der Waals surface area contributed by atoms with E-state index in [1.807, 2.05) is 48.7 Å². The number of benzene rings is 1. The first-order valence-corrected chi connectivity index (χ1v) is 8.76. The molecule has 0 radical (unpaired) electrons. The third-order valence-corrected chi connectivity index (χ3v) is 4.65. The minimum Gasteiger partial charge on any atom is -0.429 e. The number of rotatable bonds is 6. The summed E-state index contributed by atoms with van der Waals surface area (Å²) in [5.41, 5.74) is 0. The molecular formula is C20H23N3O2. The average molecular weight is 337 g/mol. The lowest BCUT2D eigenvalue weighted by Gasteiger charge is -2.27. The van der Waals surface area contributed by atoms with Gasteiger partial charge >= 0.3 is 0 Å². The number of imidazole rings is 1. The fourth-order valence-electron chi connectivity index (χ4n) is 3.45. The number of para-hydroxylation sites is 1. The Hall–Kier alpha value is -2.53. The SMILES string of the molecule is CN(Cc1ccc(Oc2ccccc2)o1)CC1CCn2ccnc2C1. The fraction of sp³-hybridized carbons (Fsp3) is 0.350. The predicted molar refractivity (Wildman–Crippen MR) is 95.6 cm³/mol. The molecular weight excluding hydrogens is 314 g/mol. The molecule has 1 aliphatic heterocycles. The Kier molecular flexibility index (Phi) is 4.57. The molecule has 1 atom stereocenters. The molecule has 4 rings (SSSR count). The molecule has 0 fully saturated rings. The van der Waals surface area contributed by atoms with Crippen LogP contribution >= 0.6 is 0 Å². The van der Waals surface area contributed by atoms with Crippen molar-refractivity contribution in [3.05, 3.63) is 66.4 Å². The van der Waals surface area contributed by atoms with E-state index in [9.17, 15) is 0 Å². The highest BCUT2D eigenvalue weighted by Crippen LogP contribution is 2.25. The summed E-state index contributed by atoms with van der Waals surface area (Å²) in [6.45, 7) is 2.90. The third kappa shape index (κ3) is 3.94. The van der Waals surface area contributed by atoms with Gasteiger partial charge in [-0.3, -0.25) is 4.90 Å². The lowest BCUT2D eigenvalue weighted by atomic mass is 9.97. The molecule has 130 valence electrons. The number of hydrogen-bond donors (Lipinski definition) is 0. The second kappa shape index (κ2) is 7.15. The van der Waals surface area contributed by atoms with Crippen molar-refractivity contribution < 1.29 is 9.15 Å². The average Bonchev–Trinajstić information content (AvgIpc) is 3.24. The van der Waals surface area contributed by atoms with Crippen LogP contribution < -0.4 is 4.74 Å². The molecule has 0 N–H and O–H groups in total. The maximum absolute atomic E-state index is 5.81. The maximum Gasteiger partial charge on any atom is 0.290 e. The van der Waals surface area contributed by atoms with Crippen LogP contribution in [0.1, 0.15) is 18.0 Å². The molecule has 0 spiro atoms. The van der Waals surface area contributed by atoms with Crippen LogP contribution in [0.3, 0.4) is 0 Å². The second-order valence-electron chi connectivity index (χ2n) is 6.73. The zero-order chi connectivity index (χ0) is 17.1. The van der Waals surface area contributed by atoms with E-state index >= 15 is 0 Å². The van der Waals surface area contributed by atoms with Gasteiger partial charge in [0.1, 0.15) is 17.3 Å². The first-order valence-electron chi connectivity index (χ1n) is 8.76. The molecule has 3 aromatic rings. The Balaban J connectivity index is 1.30. The van der Waals surface area contributed by atoms with Gasteiger partial charge in [-0.1, -0.05) is 18.2 Å². The first kappa shape index (κ1) is 16.0. The van der Waals surface area contributed by atoms with Gasteiger partial charge in [0.05, 0.1) is 6.54 Å².